The maximum atomic E-state index is 14.1. The number of hydrogen-bond acceptors (Lipinski definition) is 6. The van der Waals surface area contributed by atoms with E-state index in [9.17, 15) is 19.5 Å². The fraction of sp³-hybridized carbons (Fsp3) is 0.720. The summed E-state index contributed by atoms with van der Waals surface area (Å²) in [4.78, 5) is 44.2. The largest absolute Gasteiger partial charge is 0.461 e. The molecule has 3 fully saturated rings. The molecule has 0 aromatic heterocycles. The number of carbonyl (C=O) groups excluding carboxylic acids is 3. The Balaban J connectivity index is 2.08. The lowest BCUT2D eigenvalue weighted by atomic mass is 9.66. The number of amides is 2. The van der Waals surface area contributed by atoms with Crippen LogP contribution < -0.4 is 0 Å². The topological polar surface area (TPSA) is 96.4 Å². The Labute approximate surface area is 196 Å². The molecule has 8 nitrogen and oxygen atoms in total. The molecule has 2 amide bonds. The zero-order valence-corrected chi connectivity index (χ0v) is 20.3. The maximum absolute atomic E-state index is 14.1. The molecule has 3 unspecified atom stereocenters. The highest BCUT2D eigenvalue weighted by atomic mass is 16.6. The normalized spacial score (nSPS) is 34.0. The van der Waals surface area contributed by atoms with Crippen LogP contribution in [-0.4, -0.2) is 81.8 Å². The molecule has 1 N–H and O–H groups in total. The molecular weight excluding hydrogens is 424 g/mol. The SMILES string of the molecule is C=CCOC(=O)[C@H]1[C@H]2C(=O)N([C@H](C)CO)C(C(=O)N(CC=C)C(C)CCC)C23CC[C@]1(C)O3. The predicted octanol–water partition coefficient (Wildman–Crippen LogP) is 2.06. The molecule has 0 aromatic carbocycles. The van der Waals surface area contributed by atoms with Crippen LogP contribution in [-0.2, 0) is 23.9 Å². The van der Waals surface area contributed by atoms with Crippen molar-refractivity contribution in [2.75, 3.05) is 19.8 Å². The Morgan fingerprint density at radius 1 is 1.33 bits per heavy atom. The summed E-state index contributed by atoms with van der Waals surface area (Å²) in [5, 5.41) is 9.94. The average Bonchev–Trinajstić information content (AvgIpc) is 3.35. The number of nitrogens with zero attached hydrogens (tertiary/aromatic N) is 2. The first-order valence-corrected chi connectivity index (χ1v) is 12.0. The van der Waals surface area contributed by atoms with Gasteiger partial charge in [0.1, 0.15) is 24.2 Å². The molecule has 3 aliphatic rings. The second-order valence-corrected chi connectivity index (χ2v) is 9.84. The third kappa shape index (κ3) is 3.91. The molecule has 3 saturated heterocycles. The molecule has 0 aliphatic carbocycles. The van der Waals surface area contributed by atoms with Crippen molar-refractivity contribution in [3.8, 4) is 0 Å². The lowest BCUT2D eigenvalue weighted by Crippen LogP contribution is -2.59. The molecule has 3 aliphatic heterocycles. The van der Waals surface area contributed by atoms with E-state index < -0.39 is 41.1 Å². The monoisotopic (exact) mass is 462 g/mol. The van der Waals surface area contributed by atoms with Crippen molar-refractivity contribution < 1.29 is 29.0 Å². The molecule has 33 heavy (non-hydrogen) atoms. The number of rotatable bonds is 11. The van der Waals surface area contributed by atoms with Gasteiger partial charge < -0.3 is 24.4 Å². The van der Waals surface area contributed by atoms with Gasteiger partial charge in [0.2, 0.25) is 11.8 Å². The third-order valence-corrected chi connectivity index (χ3v) is 7.63. The van der Waals surface area contributed by atoms with Gasteiger partial charge in [-0.05, 0) is 40.0 Å². The van der Waals surface area contributed by atoms with Crippen LogP contribution in [0.2, 0.25) is 0 Å². The highest BCUT2D eigenvalue weighted by Gasteiger charge is 2.79. The summed E-state index contributed by atoms with van der Waals surface area (Å²) in [7, 11) is 0. The van der Waals surface area contributed by atoms with Gasteiger partial charge >= 0.3 is 5.97 Å². The highest BCUT2D eigenvalue weighted by molar-refractivity contribution is 5.98. The Morgan fingerprint density at radius 2 is 2.03 bits per heavy atom. The van der Waals surface area contributed by atoms with E-state index in [0.29, 0.717) is 19.4 Å². The van der Waals surface area contributed by atoms with Gasteiger partial charge in [0, 0.05) is 12.6 Å². The zero-order valence-electron chi connectivity index (χ0n) is 20.3. The van der Waals surface area contributed by atoms with Crippen molar-refractivity contribution in [1.29, 1.82) is 0 Å². The van der Waals surface area contributed by atoms with E-state index in [0.717, 1.165) is 12.8 Å². The molecule has 3 heterocycles. The first-order valence-electron chi connectivity index (χ1n) is 12.0. The summed E-state index contributed by atoms with van der Waals surface area (Å²) in [5.41, 5.74) is -2.01. The van der Waals surface area contributed by atoms with Gasteiger partial charge in [0.25, 0.3) is 0 Å². The van der Waals surface area contributed by atoms with Crippen molar-refractivity contribution in [2.45, 2.75) is 82.7 Å². The number of aliphatic hydroxyl groups excluding tert-OH is 1. The summed E-state index contributed by atoms with van der Waals surface area (Å²) in [6.07, 6.45) is 5.90. The molecule has 7 atom stereocenters. The lowest BCUT2D eigenvalue weighted by molar-refractivity contribution is -0.161. The molecule has 2 bridgehead atoms. The Morgan fingerprint density at radius 3 is 2.61 bits per heavy atom. The van der Waals surface area contributed by atoms with Crippen LogP contribution in [0.15, 0.2) is 25.3 Å². The number of likely N-dealkylation sites (tertiary alicyclic amines) is 1. The number of hydrogen-bond donors (Lipinski definition) is 1. The van der Waals surface area contributed by atoms with E-state index in [2.05, 4.69) is 20.1 Å². The van der Waals surface area contributed by atoms with E-state index in [-0.39, 0.29) is 31.1 Å². The number of carbonyl (C=O) groups is 3. The summed E-state index contributed by atoms with van der Waals surface area (Å²) in [5.74, 6) is -2.71. The summed E-state index contributed by atoms with van der Waals surface area (Å²) in [6, 6.07) is -1.57. The molecule has 8 heteroatoms. The van der Waals surface area contributed by atoms with E-state index in [1.54, 1.807) is 17.9 Å². The van der Waals surface area contributed by atoms with Crippen LogP contribution in [0.1, 0.15) is 53.4 Å². The molecule has 0 saturated carbocycles. The van der Waals surface area contributed by atoms with Gasteiger partial charge in [-0.2, -0.15) is 0 Å². The van der Waals surface area contributed by atoms with Gasteiger partial charge in [-0.3, -0.25) is 14.4 Å². The van der Waals surface area contributed by atoms with Crippen LogP contribution in [0.25, 0.3) is 0 Å². The fourth-order valence-electron chi connectivity index (χ4n) is 6.15. The van der Waals surface area contributed by atoms with Crippen molar-refractivity contribution in [3.63, 3.8) is 0 Å². The zero-order chi connectivity index (χ0) is 24.6. The van der Waals surface area contributed by atoms with Gasteiger partial charge in [0.15, 0.2) is 0 Å². The minimum absolute atomic E-state index is 0.0418. The third-order valence-electron chi connectivity index (χ3n) is 7.63. The molecule has 184 valence electrons. The summed E-state index contributed by atoms with van der Waals surface area (Å²) in [6.45, 7) is 15.1. The number of fused-ring (bicyclic) bond motifs is 1. The van der Waals surface area contributed by atoms with Crippen LogP contribution in [0.4, 0.5) is 0 Å². The van der Waals surface area contributed by atoms with Gasteiger partial charge in [0.05, 0.1) is 24.2 Å². The molecule has 1 spiro atoms. The van der Waals surface area contributed by atoms with Gasteiger partial charge in [-0.25, -0.2) is 0 Å². The minimum Gasteiger partial charge on any atom is -0.461 e. The lowest BCUT2D eigenvalue weighted by Gasteiger charge is -2.40. The second kappa shape index (κ2) is 9.58. The van der Waals surface area contributed by atoms with Crippen LogP contribution in [0.3, 0.4) is 0 Å². The molecule has 0 radical (unpaired) electrons. The van der Waals surface area contributed by atoms with Crippen LogP contribution in [0.5, 0.6) is 0 Å². The quantitative estimate of drug-likeness (QED) is 0.373. The maximum Gasteiger partial charge on any atom is 0.313 e. The van der Waals surface area contributed by atoms with E-state index in [4.69, 9.17) is 9.47 Å². The van der Waals surface area contributed by atoms with Gasteiger partial charge in [-0.1, -0.05) is 32.1 Å². The molecular formula is C25H38N2O6. The number of ether oxygens (including phenoxy) is 2. The van der Waals surface area contributed by atoms with Crippen LogP contribution in [0, 0.1) is 11.8 Å². The second-order valence-electron chi connectivity index (χ2n) is 9.84. The highest BCUT2D eigenvalue weighted by Crippen LogP contribution is 2.63. The van der Waals surface area contributed by atoms with E-state index in [1.165, 1.54) is 11.0 Å². The smallest absolute Gasteiger partial charge is 0.313 e. The van der Waals surface area contributed by atoms with E-state index >= 15 is 0 Å². The fourth-order valence-corrected chi connectivity index (χ4v) is 6.15. The Hall–Kier alpha value is -2.19. The molecule has 3 rings (SSSR count). The Bertz CT molecular complexity index is 815. The van der Waals surface area contributed by atoms with Crippen molar-refractivity contribution in [2.24, 2.45) is 11.8 Å². The summed E-state index contributed by atoms with van der Waals surface area (Å²) >= 11 is 0. The minimum atomic E-state index is -1.13. The van der Waals surface area contributed by atoms with Crippen molar-refractivity contribution in [3.05, 3.63) is 25.3 Å². The standard InChI is InChI=1S/C25H38N2O6/c1-7-10-16(4)26(13-8-2)22(30)20-25-12-11-24(6,33-25)19(23(31)32-14-9-3)18(25)21(29)27(20)17(5)15-28/h8-9,16-20,28H,2-3,7,10-15H2,1,4-6H3/t16?,17-,18+,19-,20?,24+,25?/m1/s1. The predicted molar refractivity (Wildman–Crippen MR) is 123 cm³/mol. The molecule has 0 aromatic rings. The Kier molecular flexibility index (Phi) is 7.39. The number of aliphatic hydroxyl groups is 1. The van der Waals surface area contributed by atoms with Crippen LogP contribution >= 0.6 is 0 Å². The van der Waals surface area contributed by atoms with Gasteiger partial charge in [-0.15, -0.1) is 6.58 Å². The number of esters is 1. The first kappa shape index (κ1) is 25.4. The van der Waals surface area contributed by atoms with E-state index in [1.807, 2.05) is 13.8 Å². The first-order chi connectivity index (χ1) is 15.6. The summed E-state index contributed by atoms with van der Waals surface area (Å²) < 4.78 is 11.9. The van der Waals surface area contributed by atoms with Crippen molar-refractivity contribution >= 4 is 17.8 Å². The average molecular weight is 463 g/mol. The van der Waals surface area contributed by atoms with Crippen molar-refractivity contribution in [1.82, 2.24) is 9.80 Å².